The molecule has 0 aliphatic carbocycles. The number of nitrogens with two attached hydrogens (primary N) is 2. The van der Waals surface area contributed by atoms with E-state index in [2.05, 4.69) is 0 Å². The molecule has 2 aromatic carbocycles. The summed E-state index contributed by atoms with van der Waals surface area (Å²) in [6.45, 7) is 1.83. The van der Waals surface area contributed by atoms with Gasteiger partial charge < -0.3 is 20.9 Å². The monoisotopic (exact) mass is 244 g/mol. The third kappa shape index (κ3) is 3.31. The molecule has 18 heavy (non-hydrogen) atoms. The van der Waals surface area contributed by atoms with Gasteiger partial charge in [0.25, 0.3) is 0 Å². The van der Waals surface area contributed by atoms with E-state index >= 15 is 0 Å². The lowest BCUT2D eigenvalue weighted by atomic mass is 10.3. The second kappa shape index (κ2) is 5.31. The molecule has 0 saturated carbocycles. The second-order valence-electron chi connectivity index (χ2n) is 3.94. The molecular weight excluding hydrogens is 228 g/mol. The summed E-state index contributed by atoms with van der Waals surface area (Å²) in [7, 11) is 0. The van der Waals surface area contributed by atoms with Crippen molar-refractivity contribution in [3.05, 3.63) is 48.5 Å². The van der Waals surface area contributed by atoms with E-state index in [4.69, 9.17) is 20.9 Å². The molecule has 0 atom stereocenters. The normalized spacial score (nSPS) is 10.3. The van der Waals surface area contributed by atoms with Gasteiger partial charge in [0.05, 0.1) is 0 Å². The summed E-state index contributed by atoms with van der Waals surface area (Å²) < 4.78 is 11.2. The predicted octanol–water partition coefficient (Wildman–Crippen LogP) is 2.65. The fraction of sp³-hybridized carbons (Fsp3) is 0.143. The predicted molar refractivity (Wildman–Crippen MR) is 72.4 cm³/mol. The van der Waals surface area contributed by atoms with Crippen LogP contribution in [0.3, 0.4) is 0 Å². The van der Waals surface area contributed by atoms with Crippen molar-refractivity contribution >= 4 is 11.4 Å². The van der Waals surface area contributed by atoms with Crippen LogP contribution in [0, 0.1) is 0 Å². The summed E-state index contributed by atoms with van der Waals surface area (Å²) in [6.07, 6.45) is -0.391. The number of benzene rings is 2. The van der Waals surface area contributed by atoms with E-state index in [0.29, 0.717) is 22.9 Å². The van der Waals surface area contributed by atoms with Gasteiger partial charge in [-0.3, -0.25) is 0 Å². The van der Waals surface area contributed by atoms with Crippen molar-refractivity contribution in [3.63, 3.8) is 0 Å². The van der Waals surface area contributed by atoms with Crippen molar-refractivity contribution in [2.45, 2.75) is 13.2 Å². The van der Waals surface area contributed by atoms with Crippen LogP contribution in [-0.4, -0.2) is 6.29 Å². The molecule has 0 fully saturated rings. The Morgan fingerprint density at radius 1 is 0.722 bits per heavy atom. The molecule has 94 valence electrons. The topological polar surface area (TPSA) is 70.5 Å². The fourth-order valence-corrected chi connectivity index (χ4v) is 1.50. The van der Waals surface area contributed by atoms with Crippen LogP contribution in [0.2, 0.25) is 0 Å². The quantitative estimate of drug-likeness (QED) is 0.640. The van der Waals surface area contributed by atoms with E-state index in [1.165, 1.54) is 0 Å². The van der Waals surface area contributed by atoms with Crippen molar-refractivity contribution in [2.24, 2.45) is 0 Å². The zero-order chi connectivity index (χ0) is 13.0. The van der Waals surface area contributed by atoms with Crippen molar-refractivity contribution in [1.82, 2.24) is 0 Å². The first kappa shape index (κ1) is 12.1. The van der Waals surface area contributed by atoms with Gasteiger partial charge in [-0.05, 0) is 48.5 Å². The molecule has 4 heteroatoms. The van der Waals surface area contributed by atoms with Crippen LogP contribution >= 0.6 is 0 Å². The van der Waals surface area contributed by atoms with Crippen molar-refractivity contribution < 1.29 is 9.47 Å². The lowest BCUT2D eigenvalue weighted by Crippen LogP contribution is -2.19. The molecule has 0 bridgehead atoms. The summed E-state index contributed by atoms with van der Waals surface area (Å²) in [5, 5.41) is 0. The lowest BCUT2D eigenvalue weighted by Gasteiger charge is -2.16. The highest BCUT2D eigenvalue weighted by Gasteiger charge is 2.05. The van der Waals surface area contributed by atoms with Gasteiger partial charge in [0.15, 0.2) is 0 Å². The minimum Gasteiger partial charge on any atom is -0.455 e. The molecule has 0 aliphatic heterocycles. The molecular formula is C14H16N2O2. The van der Waals surface area contributed by atoms with Gasteiger partial charge in [0, 0.05) is 18.3 Å². The smallest absolute Gasteiger partial charge is 0.238 e. The SMILES string of the molecule is CC(Oc1ccc(N)cc1)Oc1ccc(N)cc1. The maximum Gasteiger partial charge on any atom is 0.238 e. The Balaban J connectivity index is 1.94. The first-order chi connectivity index (χ1) is 8.63. The summed E-state index contributed by atoms with van der Waals surface area (Å²) in [5.74, 6) is 1.43. The molecule has 4 nitrogen and oxygen atoms in total. The summed E-state index contributed by atoms with van der Waals surface area (Å²) in [6, 6.07) is 14.3. The molecule has 0 amide bonds. The van der Waals surface area contributed by atoms with Gasteiger partial charge in [-0.15, -0.1) is 0 Å². The molecule has 0 radical (unpaired) electrons. The molecule has 2 aromatic rings. The summed E-state index contributed by atoms with van der Waals surface area (Å²) in [5.41, 5.74) is 12.6. The van der Waals surface area contributed by atoms with Gasteiger partial charge in [-0.25, -0.2) is 0 Å². The van der Waals surface area contributed by atoms with E-state index < -0.39 is 6.29 Å². The van der Waals surface area contributed by atoms with Crippen molar-refractivity contribution in [3.8, 4) is 11.5 Å². The van der Waals surface area contributed by atoms with Crippen LogP contribution in [0.15, 0.2) is 48.5 Å². The Morgan fingerprint density at radius 2 is 1.06 bits per heavy atom. The van der Waals surface area contributed by atoms with Crippen LogP contribution in [0.4, 0.5) is 11.4 Å². The van der Waals surface area contributed by atoms with E-state index in [0.717, 1.165) is 0 Å². The number of ether oxygens (including phenoxy) is 2. The average molecular weight is 244 g/mol. The first-order valence-corrected chi connectivity index (χ1v) is 5.68. The highest BCUT2D eigenvalue weighted by molar-refractivity contribution is 5.42. The van der Waals surface area contributed by atoms with Crippen LogP contribution < -0.4 is 20.9 Å². The lowest BCUT2D eigenvalue weighted by molar-refractivity contribution is 0.0223. The van der Waals surface area contributed by atoms with Crippen LogP contribution in [-0.2, 0) is 0 Å². The molecule has 0 spiro atoms. The fourth-order valence-electron chi connectivity index (χ4n) is 1.50. The first-order valence-electron chi connectivity index (χ1n) is 5.68. The zero-order valence-corrected chi connectivity index (χ0v) is 10.2. The molecule has 4 N–H and O–H groups in total. The molecule has 0 aromatic heterocycles. The standard InChI is InChI=1S/C14H16N2O2/c1-10(17-13-6-2-11(15)3-7-13)18-14-8-4-12(16)5-9-14/h2-10H,15-16H2,1H3. The Kier molecular flexibility index (Phi) is 3.57. The number of hydrogen-bond donors (Lipinski definition) is 2. The van der Waals surface area contributed by atoms with E-state index in [1.54, 1.807) is 48.5 Å². The minimum absolute atomic E-state index is 0.391. The molecule has 0 saturated heterocycles. The number of nitrogen functional groups attached to an aromatic ring is 2. The van der Waals surface area contributed by atoms with Gasteiger partial charge in [-0.1, -0.05) is 0 Å². The third-order valence-electron chi connectivity index (χ3n) is 2.36. The van der Waals surface area contributed by atoms with E-state index in [9.17, 15) is 0 Å². The van der Waals surface area contributed by atoms with Crippen molar-refractivity contribution in [2.75, 3.05) is 11.5 Å². The largest absolute Gasteiger partial charge is 0.455 e. The Hall–Kier alpha value is -2.36. The van der Waals surface area contributed by atoms with Gasteiger partial charge in [0.1, 0.15) is 11.5 Å². The number of rotatable bonds is 4. The molecule has 0 unspecified atom stereocenters. The van der Waals surface area contributed by atoms with Crippen LogP contribution in [0.25, 0.3) is 0 Å². The van der Waals surface area contributed by atoms with E-state index in [-0.39, 0.29) is 0 Å². The van der Waals surface area contributed by atoms with E-state index in [1.807, 2.05) is 6.92 Å². The summed E-state index contributed by atoms with van der Waals surface area (Å²) in [4.78, 5) is 0. The van der Waals surface area contributed by atoms with Crippen LogP contribution in [0.5, 0.6) is 11.5 Å². The maximum atomic E-state index is 5.60. The minimum atomic E-state index is -0.391. The Bertz CT molecular complexity index is 447. The number of hydrogen-bond acceptors (Lipinski definition) is 4. The Morgan fingerprint density at radius 3 is 1.39 bits per heavy atom. The molecule has 0 aliphatic rings. The Labute approximate surface area is 106 Å². The van der Waals surface area contributed by atoms with Gasteiger partial charge in [-0.2, -0.15) is 0 Å². The highest BCUT2D eigenvalue weighted by atomic mass is 16.7. The van der Waals surface area contributed by atoms with Gasteiger partial charge in [0.2, 0.25) is 6.29 Å². The summed E-state index contributed by atoms with van der Waals surface area (Å²) >= 11 is 0. The number of anilines is 2. The van der Waals surface area contributed by atoms with Crippen molar-refractivity contribution in [1.29, 1.82) is 0 Å². The zero-order valence-electron chi connectivity index (χ0n) is 10.2. The second-order valence-corrected chi connectivity index (χ2v) is 3.94. The highest BCUT2D eigenvalue weighted by Crippen LogP contribution is 2.18. The van der Waals surface area contributed by atoms with Gasteiger partial charge >= 0.3 is 0 Å². The maximum absolute atomic E-state index is 5.60. The molecule has 0 heterocycles. The average Bonchev–Trinajstić information content (AvgIpc) is 2.35. The van der Waals surface area contributed by atoms with Crippen LogP contribution in [0.1, 0.15) is 6.92 Å². The molecule has 2 rings (SSSR count). The third-order valence-corrected chi connectivity index (χ3v) is 2.36.